The van der Waals surface area contributed by atoms with Gasteiger partial charge in [-0.05, 0) is 6.92 Å². The van der Waals surface area contributed by atoms with Crippen molar-refractivity contribution < 1.29 is 9.15 Å². The summed E-state index contributed by atoms with van der Waals surface area (Å²) in [4.78, 5) is 3.80. The average Bonchev–Trinajstić information content (AvgIpc) is 2.14. The van der Waals surface area contributed by atoms with Crippen molar-refractivity contribution in [3.05, 3.63) is 12.1 Å². The minimum atomic E-state index is 0.491. The van der Waals surface area contributed by atoms with Gasteiger partial charge in [-0.1, -0.05) is 0 Å². The number of aromatic nitrogens is 1. The fourth-order valence-corrected chi connectivity index (χ4v) is 0.487. The molecule has 1 heterocycles. The highest BCUT2D eigenvalue weighted by molar-refractivity contribution is 5.09. The zero-order valence-corrected chi connectivity index (χ0v) is 4.84. The van der Waals surface area contributed by atoms with Crippen LogP contribution in [0.1, 0.15) is 5.69 Å². The monoisotopic (exact) mass is 113 g/mol. The van der Waals surface area contributed by atoms with Gasteiger partial charge in [0.05, 0.1) is 7.11 Å². The van der Waals surface area contributed by atoms with E-state index in [0.29, 0.717) is 5.95 Å². The number of methoxy groups -OCH3 is 1. The lowest BCUT2D eigenvalue weighted by Gasteiger charge is -1.88. The topological polar surface area (TPSA) is 35.3 Å². The Morgan fingerprint density at radius 2 is 2.50 bits per heavy atom. The van der Waals surface area contributed by atoms with Crippen LogP contribution < -0.4 is 4.74 Å². The lowest BCUT2D eigenvalue weighted by atomic mass is 10.5. The van der Waals surface area contributed by atoms with Crippen LogP contribution in [0.2, 0.25) is 0 Å². The van der Waals surface area contributed by atoms with Crippen molar-refractivity contribution in [2.75, 3.05) is 7.11 Å². The van der Waals surface area contributed by atoms with Crippen molar-refractivity contribution in [2.24, 2.45) is 0 Å². The zero-order chi connectivity index (χ0) is 5.98. The van der Waals surface area contributed by atoms with Crippen molar-refractivity contribution in [3.63, 3.8) is 0 Å². The second-order valence-corrected chi connectivity index (χ2v) is 1.43. The minimum absolute atomic E-state index is 0.491. The Morgan fingerprint density at radius 1 is 1.75 bits per heavy atom. The van der Waals surface area contributed by atoms with Gasteiger partial charge in [0.15, 0.2) is 6.39 Å². The fourth-order valence-electron chi connectivity index (χ4n) is 0.487. The van der Waals surface area contributed by atoms with E-state index < -0.39 is 0 Å². The molecular weight excluding hydrogens is 106 g/mol. The lowest BCUT2D eigenvalue weighted by Crippen LogP contribution is -1.80. The summed E-state index contributed by atoms with van der Waals surface area (Å²) in [5.41, 5.74) is 0.785. The average molecular weight is 113 g/mol. The van der Waals surface area contributed by atoms with Gasteiger partial charge < -0.3 is 9.15 Å². The van der Waals surface area contributed by atoms with Crippen LogP contribution in [0.25, 0.3) is 0 Å². The van der Waals surface area contributed by atoms with E-state index in [1.807, 2.05) is 6.92 Å². The molecule has 3 nitrogen and oxygen atoms in total. The molecular formula is C5H7NO2. The Labute approximate surface area is 47.3 Å². The quantitative estimate of drug-likeness (QED) is 0.544. The first-order chi connectivity index (χ1) is 3.84. The second kappa shape index (κ2) is 1.86. The maximum Gasteiger partial charge on any atom is 0.307 e. The first-order valence-corrected chi connectivity index (χ1v) is 2.28. The number of oxazole rings is 1. The molecule has 1 rings (SSSR count). The Kier molecular flexibility index (Phi) is 1.20. The lowest BCUT2D eigenvalue weighted by molar-refractivity contribution is 0.302. The van der Waals surface area contributed by atoms with Crippen molar-refractivity contribution in [1.29, 1.82) is 0 Å². The number of hydrogen-bond donors (Lipinski definition) is 0. The number of rotatable bonds is 1. The Morgan fingerprint density at radius 3 is 2.75 bits per heavy atom. The van der Waals surface area contributed by atoms with Crippen molar-refractivity contribution >= 4 is 0 Å². The highest BCUT2D eigenvalue weighted by Crippen LogP contribution is 2.12. The number of ether oxygens (including phenoxy) is 1. The van der Waals surface area contributed by atoms with E-state index in [2.05, 4.69) is 4.98 Å². The van der Waals surface area contributed by atoms with Crippen molar-refractivity contribution in [1.82, 2.24) is 4.98 Å². The van der Waals surface area contributed by atoms with E-state index in [0.717, 1.165) is 5.69 Å². The van der Waals surface area contributed by atoms with Crippen LogP contribution in [0, 0.1) is 6.92 Å². The first kappa shape index (κ1) is 5.15. The van der Waals surface area contributed by atoms with Crippen LogP contribution in [-0.2, 0) is 0 Å². The minimum Gasteiger partial charge on any atom is -0.467 e. The zero-order valence-electron chi connectivity index (χ0n) is 4.84. The molecule has 0 saturated carbocycles. The molecule has 0 aromatic carbocycles. The molecule has 0 N–H and O–H groups in total. The molecule has 0 fully saturated rings. The summed E-state index contributed by atoms with van der Waals surface area (Å²) in [7, 11) is 1.55. The van der Waals surface area contributed by atoms with E-state index in [1.54, 1.807) is 7.11 Å². The van der Waals surface area contributed by atoms with Gasteiger partial charge in [-0.25, -0.2) is 4.98 Å². The summed E-state index contributed by atoms with van der Waals surface area (Å²) < 4.78 is 9.54. The smallest absolute Gasteiger partial charge is 0.307 e. The van der Waals surface area contributed by atoms with Gasteiger partial charge in [-0.2, -0.15) is 0 Å². The van der Waals surface area contributed by atoms with Crippen LogP contribution in [0.4, 0.5) is 0 Å². The van der Waals surface area contributed by atoms with E-state index >= 15 is 0 Å². The summed E-state index contributed by atoms with van der Waals surface area (Å²) in [6.45, 7) is 1.82. The maximum absolute atomic E-state index is 4.78. The van der Waals surface area contributed by atoms with Gasteiger partial charge in [0.2, 0.25) is 0 Å². The standard InChI is InChI=1S/C5H7NO2/c1-4-5(7-2)8-3-6-4/h3H,1-2H3. The highest BCUT2D eigenvalue weighted by Gasteiger charge is 1.98. The number of nitrogens with zero attached hydrogens (tertiary/aromatic N) is 1. The van der Waals surface area contributed by atoms with Gasteiger partial charge in [0.25, 0.3) is 0 Å². The van der Waals surface area contributed by atoms with Gasteiger partial charge in [0, 0.05) is 0 Å². The molecule has 0 amide bonds. The van der Waals surface area contributed by atoms with Crippen LogP contribution in [0.15, 0.2) is 10.8 Å². The normalized spacial score (nSPS) is 9.25. The molecule has 0 unspecified atom stereocenters. The molecule has 1 aromatic heterocycles. The summed E-state index contributed by atoms with van der Waals surface area (Å²) in [6, 6.07) is 0. The third kappa shape index (κ3) is 0.665. The summed E-state index contributed by atoms with van der Waals surface area (Å²) in [6.07, 6.45) is 1.36. The largest absolute Gasteiger partial charge is 0.467 e. The van der Waals surface area contributed by atoms with Crippen LogP contribution >= 0.6 is 0 Å². The second-order valence-electron chi connectivity index (χ2n) is 1.43. The third-order valence-corrected chi connectivity index (χ3v) is 0.887. The maximum atomic E-state index is 4.78. The highest BCUT2D eigenvalue weighted by atomic mass is 16.6. The number of hydrogen-bond acceptors (Lipinski definition) is 3. The fraction of sp³-hybridized carbons (Fsp3) is 0.400. The van der Waals surface area contributed by atoms with E-state index in [4.69, 9.17) is 9.15 Å². The Balaban J connectivity index is 2.92. The summed E-state index contributed by atoms with van der Waals surface area (Å²) >= 11 is 0. The SMILES string of the molecule is COc1ocnc1C. The molecule has 0 radical (unpaired) electrons. The summed E-state index contributed by atoms with van der Waals surface area (Å²) in [5, 5.41) is 0. The van der Waals surface area contributed by atoms with Crippen molar-refractivity contribution in [3.8, 4) is 5.95 Å². The predicted octanol–water partition coefficient (Wildman–Crippen LogP) is 0.992. The van der Waals surface area contributed by atoms with Crippen molar-refractivity contribution in [2.45, 2.75) is 6.92 Å². The van der Waals surface area contributed by atoms with Crippen LogP contribution in [0.5, 0.6) is 5.95 Å². The van der Waals surface area contributed by atoms with Gasteiger partial charge in [-0.3, -0.25) is 0 Å². The molecule has 0 aliphatic rings. The van der Waals surface area contributed by atoms with Gasteiger partial charge >= 0.3 is 5.95 Å². The molecule has 44 valence electrons. The molecule has 0 saturated heterocycles. The molecule has 0 atom stereocenters. The van der Waals surface area contributed by atoms with Gasteiger partial charge in [-0.15, -0.1) is 0 Å². The first-order valence-electron chi connectivity index (χ1n) is 2.28. The summed E-state index contributed by atoms with van der Waals surface area (Å²) in [5.74, 6) is 0.491. The third-order valence-electron chi connectivity index (χ3n) is 0.887. The molecule has 0 aliphatic carbocycles. The Bertz CT molecular complexity index is 171. The van der Waals surface area contributed by atoms with Crippen LogP contribution in [-0.4, -0.2) is 12.1 Å². The Hall–Kier alpha value is -0.990. The number of aryl methyl sites for hydroxylation is 1. The van der Waals surface area contributed by atoms with Crippen LogP contribution in [0.3, 0.4) is 0 Å². The molecule has 0 aliphatic heterocycles. The molecule has 3 heteroatoms. The molecule has 0 bridgehead atoms. The van der Waals surface area contributed by atoms with E-state index in [1.165, 1.54) is 6.39 Å². The van der Waals surface area contributed by atoms with Gasteiger partial charge in [0.1, 0.15) is 5.69 Å². The van der Waals surface area contributed by atoms with E-state index in [9.17, 15) is 0 Å². The molecule has 8 heavy (non-hydrogen) atoms. The predicted molar refractivity (Wildman–Crippen MR) is 27.8 cm³/mol. The molecule has 1 aromatic rings. The molecule has 0 spiro atoms. The van der Waals surface area contributed by atoms with E-state index in [-0.39, 0.29) is 0 Å².